The second-order valence-electron chi connectivity index (χ2n) is 7.58. The number of nitrogens with zero attached hydrogens (tertiary/aromatic N) is 4. The smallest absolute Gasteiger partial charge is 0.261 e. The summed E-state index contributed by atoms with van der Waals surface area (Å²) in [5, 5.41) is 3.99. The van der Waals surface area contributed by atoms with Crippen molar-refractivity contribution in [2.75, 3.05) is 52.3 Å². The standard InChI is InChI=1S/C22H27N5O3S/c1-14-18-20(27-9-7-26(2)8-10-27)24-13-25-22(18)31-19(14)21(28)23-12-15-11-16(29-3)5-6-17(15)30-4/h5-6,11,13H,7-10,12H2,1-4H3,(H,23,28). The van der Waals surface area contributed by atoms with E-state index in [9.17, 15) is 4.79 Å². The van der Waals surface area contributed by atoms with Crippen molar-refractivity contribution in [2.45, 2.75) is 13.5 Å². The van der Waals surface area contributed by atoms with Crippen LogP contribution >= 0.6 is 11.3 Å². The van der Waals surface area contributed by atoms with Gasteiger partial charge in [0.15, 0.2) is 0 Å². The number of nitrogens with one attached hydrogen (secondary N) is 1. The number of anilines is 1. The van der Waals surface area contributed by atoms with E-state index in [2.05, 4.69) is 32.1 Å². The molecule has 0 radical (unpaired) electrons. The van der Waals surface area contributed by atoms with Crippen LogP contribution in [0, 0.1) is 6.92 Å². The van der Waals surface area contributed by atoms with Crippen molar-refractivity contribution in [1.82, 2.24) is 20.2 Å². The molecule has 4 rings (SSSR count). The minimum atomic E-state index is -0.130. The number of carbonyl (C=O) groups is 1. The lowest BCUT2D eigenvalue weighted by Gasteiger charge is -2.33. The molecule has 1 aromatic carbocycles. The quantitative estimate of drug-likeness (QED) is 0.630. The van der Waals surface area contributed by atoms with Gasteiger partial charge < -0.3 is 24.6 Å². The predicted molar refractivity (Wildman–Crippen MR) is 123 cm³/mol. The Balaban J connectivity index is 1.58. The molecule has 9 heteroatoms. The van der Waals surface area contributed by atoms with Gasteiger partial charge in [-0.25, -0.2) is 9.97 Å². The van der Waals surface area contributed by atoms with Crippen LogP contribution in [0.4, 0.5) is 5.82 Å². The van der Waals surface area contributed by atoms with E-state index in [1.54, 1.807) is 20.5 Å². The van der Waals surface area contributed by atoms with E-state index in [1.165, 1.54) is 11.3 Å². The van der Waals surface area contributed by atoms with Crippen molar-refractivity contribution in [2.24, 2.45) is 0 Å². The molecule has 1 amide bonds. The highest BCUT2D eigenvalue weighted by molar-refractivity contribution is 7.20. The van der Waals surface area contributed by atoms with Crippen LogP contribution in [0.2, 0.25) is 0 Å². The maximum absolute atomic E-state index is 13.1. The number of aromatic nitrogens is 2. The summed E-state index contributed by atoms with van der Waals surface area (Å²) in [7, 11) is 5.36. The van der Waals surface area contributed by atoms with Gasteiger partial charge in [-0.05, 0) is 37.7 Å². The lowest BCUT2D eigenvalue weighted by molar-refractivity contribution is 0.0954. The molecule has 0 unspecified atom stereocenters. The van der Waals surface area contributed by atoms with Crippen LogP contribution in [0.1, 0.15) is 20.8 Å². The number of fused-ring (bicyclic) bond motifs is 1. The highest BCUT2D eigenvalue weighted by Crippen LogP contribution is 2.35. The molecule has 0 atom stereocenters. The fourth-order valence-corrected chi connectivity index (χ4v) is 4.86. The zero-order valence-electron chi connectivity index (χ0n) is 18.3. The largest absolute Gasteiger partial charge is 0.497 e. The maximum Gasteiger partial charge on any atom is 0.261 e. The number of hydrogen-bond donors (Lipinski definition) is 1. The molecule has 1 N–H and O–H groups in total. The Hall–Kier alpha value is -2.91. The molecule has 2 aromatic heterocycles. The summed E-state index contributed by atoms with van der Waals surface area (Å²) in [4.78, 5) is 28.1. The Labute approximate surface area is 185 Å². The van der Waals surface area contributed by atoms with E-state index < -0.39 is 0 Å². The number of piperazine rings is 1. The molecule has 0 spiro atoms. The first kappa shape index (κ1) is 21.3. The Morgan fingerprint density at radius 3 is 2.65 bits per heavy atom. The number of hydrogen-bond acceptors (Lipinski definition) is 8. The topological polar surface area (TPSA) is 79.8 Å². The number of ether oxygens (including phenoxy) is 2. The first-order chi connectivity index (χ1) is 15.0. The first-order valence-electron chi connectivity index (χ1n) is 10.2. The van der Waals surface area contributed by atoms with Crippen LogP contribution in [0.5, 0.6) is 11.5 Å². The van der Waals surface area contributed by atoms with Crippen LogP contribution in [0.15, 0.2) is 24.5 Å². The number of carbonyl (C=O) groups excluding carboxylic acids is 1. The summed E-state index contributed by atoms with van der Waals surface area (Å²) in [6, 6.07) is 5.54. The molecule has 1 aliphatic rings. The van der Waals surface area contributed by atoms with Gasteiger partial charge in [0.25, 0.3) is 5.91 Å². The number of likely N-dealkylation sites (N-methyl/N-ethyl adjacent to an activating group) is 1. The molecule has 3 heterocycles. The molecule has 164 valence electrons. The maximum atomic E-state index is 13.1. The van der Waals surface area contributed by atoms with Crippen molar-refractivity contribution in [3.05, 3.63) is 40.5 Å². The van der Waals surface area contributed by atoms with E-state index in [-0.39, 0.29) is 5.91 Å². The lowest BCUT2D eigenvalue weighted by Crippen LogP contribution is -2.44. The molecule has 0 saturated carbocycles. The monoisotopic (exact) mass is 441 g/mol. The number of benzene rings is 1. The predicted octanol–water partition coefficient (Wildman–Crippen LogP) is 2.70. The minimum absolute atomic E-state index is 0.130. The Bertz CT molecular complexity index is 1090. The molecule has 1 fully saturated rings. The van der Waals surface area contributed by atoms with Gasteiger partial charge in [0.1, 0.15) is 28.5 Å². The SMILES string of the molecule is COc1ccc(OC)c(CNC(=O)c2sc3ncnc(N4CCN(C)CC4)c3c2C)c1. The van der Waals surface area contributed by atoms with Crippen LogP contribution in [0.25, 0.3) is 10.2 Å². The van der Waals surface area contributed by atoms with E-state index >= 15 is 0 Å². The molecular weight excluding hydrogens is 414 g/mol. The van der Waals surface area contributed by atoms with Crippen molar-refractivity contribution in [1.29, 1.82) is 0 Å². The number of aryl methyl sites for hydroxylation is 1. The summed E-state index contributed by atoms with van der Waals surface area (Å²) in [6.07, 6.45) is 1.59. The van der Waals surface area contributed by atoms with Crippen molar-refractivity contribution >= 4 is 33.3 Å². The van der Waals surface area contributed by atoms with Gasteiger partial charge in [-0.2, -0.15) is 0 Å². The third-order valence-electron chi connectivity index (χ3n) is 5.64. The van der Waals surface area contributed by atoms with Crippen molar-refractivity contribution in [3.63, 3.8) is 0 Å². The fourth-order valence-electron chi connectivity index (χ4n) is 3.80. The van der Waals surface area contributed by atoms with E-state index in [4.69, 9.17) is 9.47 Å². The molecule has 3 aromatic rings. The summed E-state index contributed by atoms with van der Waals surface area (Å²) >= 11 is 1.41. The first-order valence-corrected chi connectivity index (χ1v) is 11.0. The second kappa shape index (κ2) is 9.07. The van der Waals surface area contributed by atoms with E-state index in [0.29, 0.717) is 17.2 Å². The van der Waals surface area contributed by atoms with Gasteiger partial charge in [0.2, 0.25) is 0 Å². The highest BCUT2D eigenvalue weighted by atomic mass is 32.1. The fraction of sp³-hybridized carbons (Fsp3) is 0.409. The summed E-state index contributed by atoms with van der Waals surface area (Å²) in [5.41, 5.74) is 1.77. The number of methoxy groups -OCH3 is 2. The summed E-state index contributed by atoms with van der Waals surface area (Å²) < 4.78 is 10.7. The third kappa shape index (κ3) is 4.28. The minimum Gasteiger partial charge on any atom is -0.497 e. The molecule has 1 aliphatic heterocycles. The van der Waals surface area contributed by atoms with Crippen LogP contribution in [-0.2, 0) is 6.54 Å². The Morgan fingerprint density at radius 2 is 1.94 bits per heavy atom. The van der Waals surface area contributed by atoms with Crippen LogP contribution in [-0.4, -0.2) is 68.2 Å². The molecular formula is C22H27N5O3S. The summed E-state index contributed by atoms with van der Waals surface area (Å²) in [5.74, 6) is 2.21. The highest BCUT2D eigenvalue weighted by Gasteiger charge is 2.23. The number of rotatable bonds is 6. The average molecular weight is 442 g/mol. The zero-order chi connectivity index (χ0) is 22.0. The van der Waals surface area contributed by atoms with Gasteiger partial charge in [-0.1, -0.05) is 0 Å². The molecule has 0 bridgehead atoms. The third-order valence-corrected chi connectivity index (χ3v) is 6.84. The molecule has 0 aliphatic carbocycles. The lowest BCUT2D eigenvalue weighted by atomic mass is 10.1. The van der Waals surface area contributed by atoms with Gasteiger partial charge >= 0.3 is 0 Å². The van der Waals surface area contributed by atoms with E-state index in [0.717, 1.165) is 59.1 Å². The summed E-state index contributed by atoms with van der Waals surface area (Å²) in [6.45, 7) is 6.12. The Morgan fingerprint density at radius 1 is 1.16 bits per heavy atom. The number of amides is 1. The molecule has 31 heavy (non-hydrogen) atoms. The van der Waals surface area contributed by atoms with Gasteiger partial charge in [-0.15, -0.1) is 11.3 Å². The normalized spacial score (nSPS) is 14.6. The van der Waals surface area contributed by atoms with Crippen LogP contribution < -0.4 is 19.7 Å². The van der Waals surface area contributed by atoms with Crippen LogP contribution in [0.3, 0.4) is 0 Å². The van der Waals surface area contributed by atoms with Gasteiger partial charge in [0, 0.05) is 38.3 Å². The average Bonchev–Trinajstić information content (AvgIpc) is 3.14. The second-order valence-corrected chi connectivity index (χ2v) is 8.58. The molecule has 8 nitrogen and oxygen atoms in total. The van der Waals surface area contributed by atoms with Gasteiger partial charge in [0.05, 0.1) is 24.5 Å². The van der Waals surface area contributed by atoms with Gasteiger partial charge in [-0.3, -0.25) is 4.79 Å². The zero-order valence-corrected chi connectivity index (χ0v) is 19.1. The van der Waals surface area contributed by atoms with Crippen molar-refractivity contribution in [3.8, 4) is 11.5 Å². The van der Waals surface area contributed by atoms with Crippen molar-refractivity contribution < 1.29 is 14.3 Å². The number of thiophene rings is 1. The van der Waals surface area contributed by atoms with E-state index in [1.807, 2.05) is 25.1 Å². The molecule has 1 saturated heterocycles. The Kier molecular flexibility index (Phi) is 6.24.